The lowest BCUT2D eigenvalue weighted by molar-refractivity contribution is -0.214. The van der Waals surface area contributed by atoms with Crippen molar-refractivity contribution < 1.29 is 38.5 Å². The minimum absolute atomic E-state index is 0.0197. The molecule has 2 amide bonds. The summed E-state index contributed by atoms with van der Waals surface area (Å²) >= 11 is 0. The quantitative estimate of drug-likeness (QED) is 0.286. The fourth-order valence-corrected chi connectivity index (χ4v) is 5.80. The Hall–Kier alpha value is -3.22. The van der Waals surface area contributed by atoms with Gasteiger partial charge in [0.2, 0.25) is 0 Å². The summed E-state index contributed by atoms with van der Waals surface area (Å²) in [7, 11) is 0. The number of carbonyl (C=O) groups is 2. The van der Waals surface area contributed by atoms with E-state index >= 15 is 0 Å². The molecule has 2 heterocycles. The molecule has 11 nitrogen and oxygen atoms in total. The molecule has 0 aromatic heterocycles. The Morgan fingerprint density at radius 2 is 1.83 bits per heavy atom. The Morgan fingerprint density at radius 1 is 1.05 bits per heavy atom. The molecule has 42 heavy (non-hydrogen) atoms. The zero-order valence-corrected chi connectivity index (χ0v) is 23.8. The molecule has 228 valence electrons. The number of primary amides is 1. The number of amides is 2. The van der Waals surface area contributed by atoms with Crippen molar-refractivity contribution in [2.45, 2.75) is 75.7 Å². The van der Waals surface area contributed by atoms with E-state index in [4.69, 9.17) is 29.5 Å². The average molecular weight is 584 g/mol. The Morgan fingerprint density at radius 3 is 2.62 bits per heavy atom. The Labute approximate surface area is 246 Å². The van der Waals surface area contributed by atoms with Crippen LogP contribution < -0.4 is 15.8 Å². The van der Waals surface area contributed by atoms with Crippen LogP contribution >= 0.6 is 0 Å². The van der Waals surface area contributed by atoms with Crippen molar-refractivity contribution in [1.82, 2.24) is 10.4 Å². The minimum Gasteiger partial charge on any atom is -0.484 e. The first-order valence-electron chi connectivity index (χ1n) is 14.8. The Bertz CT molecular complexity index is 1160. The number of aliphatic hydroxyl groups excluding tert-OH is 1. The van der Waals surface area contributed by atoms with Gasteiger partial charge in [-0.05, 0) is 48.9 Å². The number of nitrogens with two attached hydrogens (primary N) is 1. The van der Waals surface area contributed by atoms with Crippen molar-refractivity contribution in [2.24, 2.45) is 11.7 Å². The lowest BCUT2D eigenvalue weighted by atomic mass is 10.0. The predicted octanol–water partition coefficient (Wildman–Crippen LogP) is 2.69. The van der Waals surface area contributed by atoms with Crippen molar-refractivity contribution in [3.63, 3.8) is 0 Å². The predicted molar refractivity (Wildman–Crippen MR) is 152 cm³/mol. The second kappa shape index (κ2) is 14.8. The van der Waals surface area contributed by atoms with Gasteiger partial charge in [-0.15, -0.1) is 0 Å². The molecule has 2 saturated heterocycles. The summed E-state index contributed by atoms with van der Waals surface area (Å²) < 4.78 is 22.4. The van der Waals surface area contributed by atoms with Crippen LogP contribution in [0.5, 0.6) is 5.75 Å². The largest absolute Gasteiger partial charge is 0.484 e. The van der Waals surface area contributed by atoms with Gasteiger partial charge in [0.1, 0.15) is 11.9 Å². The first kappa shape index (κ1) is 30.2. The molecule has 5 atom stereocenters. The fraction of sp³-hybridized carbons (Fsp3) is 0.548. The molecule has 0 radical (unpaired) electrons. The molecule has 5 rings (SSSR count). The van der Waals surface area contributed by atoms with Crippen molar-refractivity contribution in [3.05, 3.63) is 65.7 Å². The van der Waals surface area contributed by atoms with Crippen LogP contribution in [0.15, 0.2) is 54.6 Å². The number of nitrogens with zero attached hydrogens (tertiary/aromatic N) is 1. The van der Waals surface area contributed by atoms with Gasteiger partial charge in [0.05, 0.1) is 43.9 Å². The summed E-state index contributed by atoms with van der Waals surface area (Å²) in [5.41, 5.74) is 7.07. The number of rotatable bonds is 14. The maximum Gasteiger partial charge on any atom is 0.407 e. The van der Waals surface area contributed by atoms with Crippen molar-refractivity contribution in [1.29, 1.82) is 0 Å². The van der Waals surface area contributed by atoms with Gasteiger partial charge in [0.15, 0.2) is 12.9 Å². The maximum atomic E-state index is 13.1. The van der Waals surface area contributed by atoms with E-state index in [2.05, 4.69) is 5.32 Å². The standard InChI is InChI=1S/C31H41N3O8/c32-29(36)20-39-24-12-6-9-22(15-24)17-34(42-23-10-4-5-11-23)18-27(35)26(16-21-7-2-1-3-8-21)33-31(37)41-28-19-40-30-25(28)13-14-38-30/h1-3,6-9,12,15,23,25-28,30,35H,4-5,10-11,13-14,16-20H2,(H2,32,36)(H,33,37). The number of benzene rings is 2. The molecule has 0 bridgehead atoms. The number of alkyl carbamates (subject to hydrolysis) is 1. The number of fused-ring (bicyclic) bond motifs is 1. The molecule has 5 unspecified atom stereocenters. The SMILES string of the molecule is NC(=O)COc1cccc(CN(CC(O)C(Cc2ccccc2)NC(=O)OC2COC3OCCC23)OC2CCCC2)c1. The van der Waals surface area contributed by atoms with Crippen LogP contribution in [0.3, 0.4) is 0 Å². The van der Waals surface area contributed by atoms with Gasteiger partial charge in [-0.25, -0.2) is 4.79 Å². The number of hydroxylamine groups is 2. The number of aliphatic hydroxyl groups is 1. The highest BCUT2D eigenvalue weighted by atomic mass is 16.7. The first-order valence-corrected chi connectivity index (χ1v) is 14.8. The maximum absolute atomic E-state index is 13.1. The molecule has 1 saturated carbocycles. The van der Waals surface area contributed by atoms with Crippen molar-refractivity contribution >= 4 is 12.0 Å². The third-order valence-corrected chi connectivity index (χ3v) is 7.94. The third kappa shape index (κ3) is 8.65. The van der Waals surface area contributed by atoms with Crippen molar-refractivity contribution in [3.8, 4) is 5.75 Å². The topological polar surface area (TPSA) is 142 Å². The Balaban J connectivity index is 1.27. The monoisotopic (exact) mass is 583 g/mol. The minimum atomic E-state index is -0.976. The van der Waals surface area contributed by atoms with Crippen molar-refractivity contribution in [2.75, 3.05) is 26.4 Å². The van der Waals surface area contributed by atoms with E-state index < -0.39 is 30.3 Å². The summed E-state index contributed by atoms with van der Waals surface area (Å²) in [6.45, 7) is 1.18. The summed E-state index contributed by atoms with van der Waals surface area (Å²) in [6.07, 6.45) is 3.03. The summed E-state index contributed by atoms with van der Waals surface area (Å²) in [6, 6.07) is 16.4. The zero-order valence-electron chi connectivity index (χ0n) is 23.8. The molecule has 2 aromatic carbocycles. The number of carbonyl (C=O) groups excluding carboxylic acids is 2. The van der Waals surface area contributed by atoms with E-state index in [0.29, 0.717) is 31.9 Å². The van der Waals surface area contributed by atoms with Gasteiger partial charge in [-0.3, -0.25) is 9.63 Å². The van der Waals surface area contributed by atoms with Gasteiger partial charge in [-0.1, -0.05) is 55.3 Å². The molecule has 0 spiro atoms. The first-order chi connectivity index (χ1) is 20.4. The molecule has 2 aliphatic heterocycles. The van der Waals surface area contributed by atoms with Crippen LogP contribution in [0.2, 0.25) is 0 Å². The van der Waals surface area contributed by atoms with E-state index in [-0.39, 0.29) is 31.5 Å². The van der Waals surface area contributed by atoms with Crippen LogP contribution in [-0.4, -0.2) is 79.2 Å². The average Bonchev–Trinajstić information content (AvgIpc) is 3.73. The van der Waals surface area contributed by atoms with E-state index in [0.717, 1.165) is 43.2 Å². The zero-order chi connectivity index (χ0) is 29.3. The number of ether oxygens (including phenoxy) is 4. The summed E-state index contributed by atoms with van der Waals surface area (Å²) in [5.74, 6) is -0.0156. The van der Waals surface area contributed by atoms with Crippen LogP contribution in [0.25, 0.3) is 0 Å². The number of hydrogen-bond donors (Lipinski definition) is 3. The Kier molecular flexibility index (Phi) is 10.7. The van der Waals surface area contributed by atoms with E-state index in [1.54, 1.807) is 11.1 Å². The van der Waals surface area contributed by atoms with Crippen LogP contribution in [-0.2, 0) is 36.8 Å². The van der Waals surface area contributed by atoms with E-state index in [1.165, 1.54) is 0 Å². The third-order valence-electron chi connectivity index (χ3n) is 7.94. The van der Waals surface area contributed by atoms with E-state index in [9.17, 15) is 14.7 Å². The van der Waals surface area contributed by atoms with Crippen LogP contribution in [0.4, 0.5) is 4.79 Å². The highest BCUT2D eigenvalue weighted by Gasteiger charge is 2.44. The van der Waals surface area contributed by atoms with Gasteiger partial charge in [0.25, 0.3) is 5.91 Å². The molecule has 1 aliphatic carbocycles. The second-order valence-corrected chi connectivity index (χ2v) is 11.2. The lowest BCUT2D eigenvalue weighted by Gasteiger charge is -2.31. The molecular formula is C31H41N3O8. The molecular weight excluding hydrogens is 542 g/mol. The van der Waals surface area contributed by atoms with Gasteiger partial charge < -0.3 is 35.1 Å². The van der Waals surface area contributed by atoms with Crippen LogP contribution in [0.1, 0.15) is 43.2 Å². The highest BCUT2D eigenvalue weighted by Crippen LogP contribution is 2.33. The smallest absolute Gasteiger partial charge is 0.407 e. The van der Waals surface area contributed by atoms with Gasteiger partial charge in [-0.2, -0.15) is 5.06 Å². The molecule has 3 aliphatic rings. The lowest BCUT2D eigenvalue weighted by Crippen LogP contribution is -2.50. The second-order valence-electron chi connectivity index (χ2n) is 11.2. The van der Waals surface area contributed by atoms with Crippen LogP contribution in [0, 0.1) is 5.92 Å². The highest BCUT2D eigenvalue weighted by molar-refractivity contribution is 5.75. The van der Waals surface area contributed by atoms with Gasteiger partial charge in [0, 0.05) is 6.54 Å². The number of hydrogen-bond acceptors (Lipinski definition) is 9. The molecule has 3 fully saturated rings. The molecule has 4 N–H and O–H groups in total. The van der Waals surface area contributed by atoms with E-state index in [1.807, 2.05) is 48.5 Å². The summed E-state index contributed by atoms with van der Waals surface area (Å²) in [5, 5.41) is 16.2. The van der Waals surface area contributed by atoms with Gasteiger partial charge >= 0.3 is 6.09 Å². The fourth-order valence-electron chi connectivity index (χ4n) is 5.80. The molecule has 11 heteroatoms. The normalized spacial score (nSPS) is 23.4. The number of nitrogens with one attached hydrogen (secondary N) is 1. The summed E-state index contributed by atoms with van der Waals surface area (Å²) in [4.78, 5) is 30.6. The molecule has 2 aromatic rings.